The third-order valence-electron chi connectivity index (χ3n) is 6.91. The molecule has 0 heterocycles. The van der Waals surface area contributed by atoms with Crippen LogP contribution in [0.25, 0.3) is 0 Å². The van der Waals surface area contributed by atoms with Crippen LogP contribution in [0.2, 0.25) is 0 Å². The third-order valence-corrected chi connectivity index (χ3v) is 7.27. The van der Waals surface area contributed by atoms with Crippen molar-refractivity contribution >= 4 is 36.5 Å². The zero-order valence-electron chi connectivity index (χ0n) is 27.8. The molecule has 0 radical (unpaired) electrons. The maximum atomic E-state index is 14.4. The topological polar surface area (TPSA) is 134 Å². The van der Waals surface area contributed by atoms with E-state index in [0.717, 1.165) is 5.56 Å². The quantitative estimate of drug-likeness (QED) is 0.181. The van der Waals surface area contributed by atoms with Crippen LogP contribution in [0.5, 0.6) is 5.75 Å². The molecule has 0 aliphatic rings. The van der Waals surface area contributed by atoms with Gasteiger partial charge in [0.05, 0.1) is 0 Å². The number of phenolic OH excluding ortho intramolecular Hbond substituents is 1. The van der Waals surface area contributed by atoms with E-state index < -0.39 is 58.7 Å². The first kappa shape index (κ1) is 37.5. The summed E-state index contributed by atoms with van der Waals surface area (Å²) in [7, 11) is 0. The maximum Gasteiger partial charge on any atom is 0.408 e. The van der Waals surface area contributed by atoms with E-state index >= 15 is 0 Å². The molecule has 45 heavy (non-hydrogen) atoms. The van der Waals surface area contributed by atoms with Crippen molar-refractivity contribution in [3.05, 3.63) is 65.7 Å². The molecule has 10 nitrogen and oxygen atoms in total. The number of carbonyl (C=O) groups is 4. The minimum Gasteiger partial charge on any atom is -0.508 e. The number of rotatable bonds is 12. The molecular formula is C34H49N3O7S. The van der Waals surface area contributed by atoms with Gasteiger partial charge in [0.25, 0.3) is 0 Å². The molecule has 0 bridgehead atoms. The normalized spacial score (nSPS) is 14.0. The molecule has 0 aromatic heterocycles. The molecular weight excluding hydrogens is 594 g/mol. The molecule has 3 N–H and O–H groups in total. The van der Waals surface area contributed by atoms with Crippen LogP contribution in [0.1, 0.15) is 85.9 Å². The molecule has 3 atom stereocenters. The van der Waals surface area contributed by atoms with Gasteiger partial charge >= 0.3 is 12.1 Å². The van der Waals surface area contributed by atoms with Crippen LogP contribution in [0.15, 0.2) is 54.6 Å². The van der Waals surface area contributed by atoms with E-state index in [1.165, 1.54) is 17.0 Å². The highest BCUT2D eigenvalue weighted by Crippen LogP contribution is 2.33. The second-order valence-electron chi connectivity index (χ2n) is 13.5. The Labute approximate surface area is 272 Å². The highest BCUT2D eigenvalue weighted by Gasteiger charge is 2.44. The number of thiol groups is 1. The Morgan fingerprint density at radius 2 is 1.44 bits per heavy atom. The minimum absolute atomic E-state index is 0.0860. The van der Waals surface area contributed by atoms with Crippen molar-refractivity contribution in [3.63, 3.8) is 0 Å². The van der Waals surface area contributed by atoms with Crippen molar-refractivity contribution in [3.8, 4) is 5.75 Å². The number of amides is 3. The molecule has 0 aliphatic carbocycles. The monoisotopic (exact) mass is 643 g/mol. The Kier molecular flexibility index (Phi) is 12.9. The second-order valence-corrected chi connectivity index (χ2v) is 13.9. The van der Waals surface area contributed by atoms with E-state index in [9.17, 15) is 24.3 Å². The van der Waals surface area contributed by atoms with E-state index in [4.69, 9.17) is 9.47 Å². The van der Waals surface area contributed by atoms with Gasteiger partial charge in [-0.2, -0.15) is 12.6 Å². The summed E-state index contributed by atoms with van der Waals surface area (Å²) in [6.07, 6.45) is -0.249. The fourth-order valence-electron chi connectivity index (χ4n) is 4.53. The van der Waals surface area contributed by atoms with Crippen LogP contribution in [-0.2, 0) is 30.3 Å². The van der Waals surface area contributed by atoms with Crippen LogP contribution < -0.4 is 10.6 Å². The van der Waals surface area contributed by atoms with Crippen molar-refractivity contribution in [1.29, 1.82) is 0 Å². The number of aromatic hydroxyl groups is 1. The number of nitrogens with zero attached hydrogens (tertiary/aromatic N) is 1. The number of nitrogens with one attached hydrogen (secondary N) is 2. The van der Waals surface area contributed by atoms with Crippen molar-refractivity contribution in [1.82, 2.24) is 15.5 Å². The standard InChI is InChI=1S/C34H49N3O7S/c1-10-34(8,9)37(29(40)26(21-45)36-31(42)44-33(5,6)7)27(23-17-14-18-24(38)20-23)28(39)35-25(30(41)43-32(2,3)4)19-22-15-12-11-13-16-22/h11-18,20,25-27,38,45H,10,19,21H2,1-9H3,(H,35,39)(H,36,42). The van der Waals surface area contributed by atoms with Crippen LogP contribution >= 0.6 is 12.6 Å². The Bertz CT molecular complexity index is 1320. The second kappa shape index (κ2) is 15.5. The first-order valence-electron chi connectivity index (χ1n) is 15.1. The molecule has 0 saturated heterocycles. The van der Waals surface area contributed by atoms with Gasteiger partial charge in [-0.3, -0.25) is 9.59 Å². The number of phenols is 1. The Morgan fingerprint density at radius 3 is 1.96 bits per heavy atom. The highest BCUT2D eigenvalue weighted by molar-refractivity contribution is 7.80. The molecule has 0 spiro atoms. The first-order valence-corrected chi connectivity index (χ1v) is 15.7. The van der Waals surface area contributed by atoms with E-state index in [2.05, 4.69) is 23.3 Å². The summed E-state index contributed by atoms with van der Waals surface area (Å²) in [4.78, 5) is 56.3. The number of carbonyl (C=O) groups excluding carboxylic acids is 4. The summed E-state index contributed by atoms with van der Waals surface area (Å²) in [5.41, 5.74) is -1.47. The fourth-order valence-corrected chi connectivity index (χ4v) is 4.78. The van der Waals surface area contributed by atoms with E-state index in [-0.39, 0.29) is 17.9 Å². The minimum atomic E-state index is -1.32. The summed E-state index contributed by atoms with van der Waals surface area (Å²) in [5.74, 6) is -2.10. The van der Waals surface area contributed by atoms with E-state index in [1.54, 1.807) is 67.5 Å². The van der Waals surface area contributed by atoms with Gasteiger partial charge in [0.1, 0.15) is 35.1 Å². The third kappa shape index (κ3) is 11.6. The van der Waals surface area contributed by atoms with E-state index in [1.807, 2.05) is 37.3 Å². The van der Waals surface area contributed by atoms with Crippen molar-refractivity contribution in [2.75, 3.05) is 5.75 Å². The lowest BCUT2D eigenvalue weighted by atomic mass is 9.91. The van der Waals surface area contributed by atoms with Gasteiger partial charge in [0.2, 0.25) is 11.8 Å². The molecule has 0 fully saturated rings. The average molecular weight is 644 g/mol. The van der Waals surface area contributed by atoms with E-state index in [0.29, 0.717) is 12.0 Å². The lowest BCUT2D eigenvalue weighted by Crippen LogP contribution is -2.60. The molecule has 2 aromatic rings. The highest BCUT2D eigenvalue weighted by atomic mass is 32.1. The van der Waals surface area contributed by atoms with Crippen LogP contribution in [0, 0.1) is 0 Å². The lowest BCUT2D eigenvalue weighted by Gasteiger charge is -2.44. The van der Waals surface area contributed by atoms with Gasteiger partial charge in [-0.15, -0.1) is 0 Å². The molecule has 3 amide bonds. The summed E-state index contributed by atoms with van der Waals surface area (Å²) < 4.78 is 11.0. The number of ether oxygens (including phenoxy) is 2. The summed E-state index contributed by atoms with van der Waals surface area (Å²) in [5, 5.41) is 15.8. The molecule has 248 valence electrons. The van der Waals surface area contributed by atoms with Gasteiger partial charge in [0.15, 0.2) is 0 Å². The predicted molar refractivity (Wildman–Crippen MR) is 177 cm³/mol. The smallest absolute Gasteiger partial charge is 0.408 e. The van der Waals surface area contributed by atoms with Gasteiger partial charge < -0.3 is 30.1 Å². The van der Waals surface area contributed by atoms with Gasteiger partial charge in [-0.1, -0.05) is 49.4 Å². The SMILES string of the molecule is CCC(C)(C)N(C(=O)C(CS)NC(=O)OC(C)(C)C)C(C(=O)NC(Cc1ccccc1)C(=O)OC(C)(C)C)c1cccc(O)c1. The van der Waals surface area contributed by atoms with Gasteiger partial charge in [-0.05, 0) is 85.1 Å². The molecule has 11 heteroatoms. The largest absolute Gasteiger partial charge is 0.508 e. The molecule has 2 rings (SSSR count). The van der Waals surface area contributed by atoms with Crippen molar-refractivity contribution < 1.29 is 33.8 Å². The number of esters is 1. The molecule has 3 unspecified atom stereocenters. The summed E-state index contributed by atoms with van der Waals surface area (Å²) in [6, 6.07) is 11.7. The zero-order valence-corrected chi connectivity index (χ0v) is 28.7. The Hall–Kier alpha value is -3.73. The summed E-state index contributed by atoms with van der Waals surface area (Å²) >= 11 is 4.34. The number of hydrogen-bond donors (Lipinski definition) is 4. The number of alkyl carbamates (subject to hydrolysis) is 1. The zero-order chi connectivity index (χ0) is 34.2. The number of benzene rings is 2. The Morgan fingerprint density at radius 1 is 0.844 bits per heavy atom. The average Bonchev–Trinajstić information content (AvgIpc) is 2.92. The lowest BCUT2D eigenvalue weighted by molar-refractivity contribution is -0.159. The van der Waals surface area contributed by atoms with Crippen molar-refractivity contribution in [2.45, 2.75) is 110 Å². The predicted octanol–water partition coefficient (Wildman–Crippen LogP) is 5.34. The van der Waals surface area contributed by atoms with Crippen molar-refractivity contribution in [2.24, 2.45) is 0 Å². The van der Waals surface area contributed by atoms with Crippen LogP contribution in [-0.4, -0.2) is 68.5 Å². The Balaban J connectivity index is 2.64. The van der Waals surface area contributed by atoms with Crippen LogP contribution in [0.3, 0.4) is 0 Å². The molecule has 2 aromatic carbocycles. The van der Waals surface area contributed by atoms with Gasteiger partial charge in [0, 0.05) is 17.7 Å². The molecule has 0 aliphatic heterocycles. The number of hydrogen-bond acceptors (Lipinski definition) is 8. The first-order chi connectivity index (χ1) is 20.8. The molecule has 0 saturated carbocycles. The maximum absolute atomic E-state index is 14.4. The summed E-state index contributed by atoms with van der Waals surface area (Å²) in [6.45, 7) is 15.8. The van der Waals surface area contributed by atoms with Crippen LogP contribution in [0.4, 0.5) is 4.79 Å². The van der Waals surface area contributed by atoms with Gasteiger partial charge in [-0.25, -0.2) is 9.59 Å². The fraction of sp³-hybridized carbons (Fsp3) is 0.529.